The number of rotatable bonds is 46. The highest BCUT2D eigenvalue weighted by Gasteiger charge is 2.18. The molecular weight excluding hydrogens is 675 g/mol. The molecule has 0 heterocycles. The van der Waals surface area contributed by atoms with Gasteiger partial charge in [0, 0.05) is 6.42 Å². The van der Waals surface area contributed by atoms with E-state index in [0.717, 1.165) is 25.7 Å². The van der Waals surface area contributed by atoms with Gasteiger partial charge in [-0.25, -0.2) is 0 Å². The van der Waals surface area contributed by atoms with Gasteiger partial charge in [-0.3, -0.25) is 4.79 Å². The highest BCUT2D eigenvalue weighted by Crippen LogP contribution is 2.16. The number of unbranched alkanes of at least 4 members (excludes halogenated alkanes) is 37. The van der Waals surface area contributed by atoms with Crippen LogP contribution in [0.5, 0.6) is 0 Å². The van der Waals surface area contributed by atoms with Crippen LogP contribution >= 0.6 is 0 Å². The van der Waals surface area contributed by atoms with Crippen LogP contribution < -0.4 is 5.32 Å². The van der Waals surface area contributed by atoms with Gasteiger partial charge in [0.2, 0.25) is 5.91 Å². The van der Waals surface area contributed by atoms with E-state index in [1.54, 1.807) is 6.08 Å². The van der Waals surface area contributed by atoms with Crippen LogP contribution in [0.25, 0.3) is 0 Å². The lowest BCUT2D eigenvalue weighted by molar-refractivity contribution is -0.123. The Balaban J connectivity index is 3.44. The highest BCUT2D eigenvalue weighted by atomic mass is 16.3. The third-order valence-corrected chi connectivity index (χ3v) is 11.7. The number of aliphatic hydroxyl groups excluding tert-OH is 2. The first kappa shape index (κ1) is 53.9. The van der Waals surface area contributed by atoms with Crippen molar-refractivity contribution < 1.29 is 15.0 Å². The average Bonchev–Trinajstić information content (AvgIpc) is 3.19. The quantitative estimate of drug-likeness (QED) is 0.0426. The zero-order valence-electron chi connectivity index (χ0n) is 37.5. The fourth-order valence-corrected chi connectivity index (χ4v) is 7.82. The lowest BCUT2D eigenvalue weighted by Crippen LogP contribution is -2.45. The summed E-state index contributed by atoms with van der Waals surface area (Å²) in [5.41, 5.74) is 0. The molecule has 2 unspecified atom stereocenters. The first-order valence-electron chi connectivity index (χ1n) is 25.1. The molecule has 0 rings (SSSR count). The predicted octanol–water partition coefficient (Wildman–Crippen LogP) is 16.0. The SMILES string of the molecule is CCCCCCCCCCCCC/C=C/C(O)C(CO)NC(=O)CCCCCCCCCCCCCCCC/C=C\CCCCCCCCCCCCCC. The molecule has 326 valence electrons. The molecule has 0 bridgehead atoms. The number of hydrogen-bond donors (Lipinski definition) is 3. The lowest BCUT2D eigenvalue weighted by Gasteiger charge is -2.20. The van der Waals surface area contributed by atoms with Crippen molar-refractivity contribution in [3.63, 3.8) is 0 Å². The summed E-state index contributed by atoms with van der Waals surface area (Å²) in [6, 6.07) is -0.618. The van der Waals surface area contributed by atoms with Crippen LogP contribution in [0.3, 0.4) is 0 Å². The zero-order valence-corrected chi connectivity index (χ0v) is 37.5. The molecule has 0 aromatic heterocycles. The van der Waals surface area contributed by atoms with Gasteiger partial charge in [-0.1, -0.05) is 250 Å². The van der Waals surface area contributed by atoms with E-state index in [9.17, 15) is 15.0 Å². The fraction of sp³-hybridized carbons (Fsp3) is 0.902. The van der Waals surface area contributed by atoms with Gasteiger partial charge in [0.05, 0.1) is 18.8 Å². The van der Waals surface area contributed by atoms with Crippen LogP contribution in [-0.4, -0.2) is 34.9 Å². The second-order valence-electron chi connectivity index (χ2n) is 17.2. The van der Waals surface area contributed by atoms with Crippen molar-refractivity contribution in [2.45, 2.75) is 289 Å². The van der Waals surface area contributed by atoms with Gasteiger partial charge in [0.25, 0.3) is 0 Å². The summed E-state index contributed by atoms with van der Waals surface area (Å²) in [6.45, 7) is 4.32. The van der Waals surface area contributed by atoms with Crippen molar-refractivity contribution in [3.05, 3.63) is 24.3 Å². The molecule has 1 amide bonds. The number of aliphatic hydroxyl groups is 2. The third kappa shape index (κ3) is 43.8. The standard InChI is InChI=1S/C51H99NO3/c1-3-5-7-9-11-13-15-17-18-19-20-21-22-23-24-25-26-27-28-29-30-31-32-33-35-37-39-41-43-45-47-51(55)52-49(48-53)50(54)46-44-42-40-38-36-34-16-14-12-10-8-6-4-2/h23-24,44,46,49-50,53-54H,3-22,25-43,45,47-48H2,1-2H3,(H,52,55)/b24-23-,46-44+. The van der Waals surface area contributed by atoms with Crippen molar-refractivity contribution in [2.75, 3.05) is 6.61 Å². The van der Waals surface area contributed by atoms with E-state index in [1.165, 1.54) is 231 Å². The summed E-state index contributed by atoms with van der Waals surface area (Å²) >= 11 is 0. The van der Waals surface area contributed by atoms with Crippen LogP contribution in [0, 0.1) is 0 Å². The Morgan fingerprint density at radius 2 is 0.691 bits per heavy atom. The summed E-state index contributed by atoms with van der Waals surface area (Å²) < 4.78 is 0. The molecule has 0 saturated heterocycles. The molecule has 0 aliphatic rings. The minimum atomic E-state index is -0.835. The van der Waals surface area contributed by atoms with Crippen molar-refractivity contribution >= 4 is 5.91 Å². The molecule has 0 aliphatic carbocycles. The van der Waals surface area contributed by atoms with E-state index < -0.39 is 12.1 Å². The summed E-state index contributed by atoms with van der Waals surface area (Å²) in [4.78, 5) is 12.4. The molecule has 0 aromatic rings. The van der Waals surface area contributed by atoms with Crippen LogP contribution in [0.15, 0.2) is 24.3 Å². The van der Waals surface area contributed by atoms with Gasteiger partial charge in [-0.15, -0.1) is 0 Å². The number of allylic oxidation sites excluding steroid dienone is 3. The van der Waals surface area contributed by atoms with Crippen LogP contribution in [0.2, 0.25) is 0 Å². The van der Waals surface area contributed by atoms with E-state index >= 15 is 0 Å². The van der Waals surface area contributed by atoms with Crippen LogP contribution in [0.1, 0.15) is 277 Å². The molecule has 0 aliphatic heterocycles. The van der Waals surface area contributed by atoms with Gasteiger partial charge in [-0.05, 0) is 44.9 Å². The predicted molar refractivity (Wildman–Crippen MR) is 244 cm³/mol. The highest BCUT2D eigenvalue weighted by molar-refractivity contribution is 5.76. The van der Waals surface area contributed by atoms with E-state index in [1.807, 2.05) is 6.08 Å². The number of hydrogen-bond acceptors (Lipinski definition) is 3. The molecule has 0 radical (unpaired) electrons. The first-order chi connectivity index (χ1) is 27.2. The Kier molecular flexibility index (Phi) is 46.3. The molecule has 0 spiro atoms. The zero-order chi connectivity index (χ0) is 40.0. The molecule has 0 saturated carbocycles. The molecular formula is C51H99NO3. The Labute approximate surface area is 345 Å². The summed E-state index contributed by atoms with van der Waals surface area (Å²) in [5.74, 6) is -0.0612. The van der Waals surface area contributed by atoms with Crippen molar-refractivity contribution in [3.8, 4) is 0 Å². The topological polar surface area (TPSA) is 69.6 Å². The summed E-state index contributed by atoms with van der Waals surface area (Å²) in [6.07, 6.45) is 61.8. The molecule has 0 aromatic carbocycles. The maximum absolute atomic E-state index is 12.4. The van der Waals surface area contributed by atoms with E-state index in [0.29, 0.717) is 6.42 Å². The number of carbonyl (C=O) groups excluding carboxylic acids is 1. The number of carbonyl (C=O) groups is 1. The van der Waals surface area contributed by atoms with Crippen LogP contribution in [0.4, 0.5) is 0 Å². The Bertz CT molecular complexity index is 795. The van der Waals surface area contributed by atoms with Gasteiger partial charge in [0.1, 0.15) is 0 Å². The van der Waals surface area contributed by atoms with Crippen molar-refractivity contribution in [1.29, 1.82) is 0 Å². The van der Waals surface area contributed by atoms with E-state index in [2.05, 4.69) is 31.3 Å². The van der Waals surface area contributed by atoms with E-state index in [-0.39, 0.29) is 12.5 Å². The molecule has 3 N–H and O–H groups in total. The first-order valence-corrected chi connectivity index (χ1v) is 25.1. The molecule has 4 nitrogen and oxygen atoms in total. The Morgan fingerprint density at radius 1 is 0.418 bits per heavy atom. The smallest absolute Gasteiger partial charge is 0.220 e. The van der Waals surface area contributed by atoms with Gasteiger partial charge in [0.15, 0.2) is 0 Å². The lowest BCUT2D eigenvalue weighted by atomic mass is 10.0. The molecule has 4 heteroatoms. The van der Waals surface area contributed by atoms with E-state index in [4.69, 9.17) is 0 Å². The Hall–Kier alpha value is -1.13. The minimum absolute atomic E-state index is 0.0612. The average molecular weight is 774 g/mol. The second-order valence-corrected chi connectivity index (χ2v) is 17.2. The minimum Gasteiger partial charge on any atom is -0.394 e. The maximum atomic E-state index is 12.4. The Morgan fingerprint density at radius 3 is 1.00 bits per heavy atom. The maximum Gasteiger partial charge on any atom is 0.220 e. The van der Waals surface area contributed by atoms with Gasteiger partial charge < -0.3 is 15.5 Å². The van der Waals surface area contributed by atoms with Gasteiger partial charge >= 0.3 is 0 Å². The largest absolute Gasteiger partial charge is 0.394 e. The molecule has 0 fully saturated rings. The monoisotopic (exact) mass is 774 g/mol. The van der Waals surface area contributed by atoms with Crippen molar-refractivity contribution in [2.24, 2.45) is 0 Å². The fourth-order valence-electron chi connectivity index (χ4n) is 7.82. The number of amides is 1. The molecule has 55 heavy (non-hydrogen) atoms. The number of nitrogens with one attached hydrogen (secondary N) is 1. The molecule has 2 atom stereocenters. The third-order valence-electron chi connectivity index (χ3n) is 11.7. The van der Waals surface area contributed by atoms with Gasteiger partial charge in [-0.2, -0.15) is 0 Å². The van der Waals surface area contributed by atoms with Crippen LogP contribution in [-0.2, 0) is 4.79 Å². The second kappa shape index (κ2) is 47.2. The summed E-state index contributed by atoms with van der Waals surface area (Å²) in [5, 5.41) is 23.0. The normalized spacial score (nSPS) is 13.0. The summed E-state index contributed by atoms with van der Waals surface area (Å²) in [7, 11) is 0. The van der Waals surface area contributed by atoms with Crippen molar-refractivity contribution in [1.82, 2.24) is 5.32 Å².